The van der Waals surface area contributed by atoms with Gasteiger partial charge in [-0.05, 0) is 55.5 Å². The summed E-state index contributed by atoms with van der Waals surface area (Å²) in [7, 11) is 0. The summed E-state index contributed by atoms with van der Waals surface area (Å²) in [5.41, 5.74) is 7.17. The van der Waals surface area contributed by atoms with E-state index in [2.05, 4.69) is 65.4 Å². The maximum absolute atomic E-state index is 6.36. The monoisotopic (exact) mass is 463 g/mol. The second-order valence-electron chi connectivity index (χ2n) is 9.15. The molecule has 3 aromatic rings. The Bertz CT molecular complexity index is 1080. The van der Waals surface area contributed by atoms with Crippen molar-refractivity contribution in [3.8, 4) is 17.0 Å². The van der Waals surface area contributed by atoms with Crippen LogP contribution in [0.25, 0.3) is 11.3 Å². The Morgan fingerprint density at radius 2 is 1.82 bits per heavy atom. The highest BCUT2D eigenvalue weighted by Gasteiger charge is 2.18. The van der Waals surface area contributed by atoms with E-state index in [9.17, 15) is 0 Å². The zero-order valence-corrected chi connectivity index (χ0v) is 20.5. The van der Waals surface area contributed by atoms with Crippen LogP contribution in [0.1, 0.15) is 35.1 Å². The van der Waals surface area contributed by atoms with Gasteiger partial charge < -0.3 is 14.4 Å². The summed E-state index contributed by atoms with van der Waals surface area (Å²) < 4.78 is 11.8. The predicted octanol–water partition coefficient (Wildman–Crippen LogP) is 5.44. The second kappa shape index (κ2) is 10.2. The van der Waals surface area contributed by atoms with Crippen LogP contribution in [0.2, 0.25) is 0 Å². The molecule has 2 saturated heterocycles. The van der Waals surface area contributed by atoms with E-state index in [4.69, 9.17) is 14.5 Å². The molecular weight excluding hydrogens is 430 g/mol. The van der Waals surface area contributed by atoms with Crippen molar-refractivity contribution < 1.29 is 9.47 Å². The quantitative estimate of drug-likeness (QED) is 0.467. The fourth-order valence-corrected chi connectivity index (χ4v) is 5.48. The van der Waals surface area contributed by atoms with Crippen molar-refractivity contribution in [3.05, 3.63) is 64.0 Å². The lowest BCUT2D eigenvalue weighted by atomic mass is 10.0. The first-order chi connectivity index (χ1) is 16.2. The molecule has 1 aromatic heterocycles. The van der Waals surface area contributed by atoms with E-state index >= 15 is 0 Å². The highest BCUT2D eigenvalue weighted by Crippen LogP contribution is 2.35. The Morgan fingerprint density at radius 1 is 1.00 bits per heavy atom. The minimum atomic E-state index is 0.558. The summed E-state index contributed by atoms with van der Waals surface area (Å²) in [5.74, 6) is 0.899. The van der Waals surface area contributed by atoms with Crippen LogP contribution in [0.15, 0.2) is 41.8 Å². The summed E-state index contributed by atoms with van der Waals surface area (Å²) in [6.07, 6.45) is 2.52. The van der Waals surface area contributed by atoms with Crippen molar-refractivity contribution in [2.75, 3.05) is 44.3 Å². The number of morpholine rings is 1. The fourth-order valence-electron chi connectivity index (χ4n) is 4.60. The minimum absolute atomic E-state index is 0.558. The molecule has 0 amide bonds. The van der Waals surface area contributed by atoms with Gasteiger partial charge in [0.25, 0.3) is 0 Å². The first kappa shape index (κ1) is 22.4. The van der Waals surface area contributed by atoms with E-state index in [0.717, 1.165) is 68.1 Å². The lowest BCUT2D eigenvalue weighted by Gasteiger charge is -2.26. The molecule has 0 radical (unpaired) electrons. The molecule has 2 aliphatic heterocycles. The standard InChI is InChI=1S/C27H33N3O2S/c1-20-5-8-26(24(15-20)25-19-33-27(28-25)30-9-3-4-10-30)32-18-23-7-6-22(16-21(23)2)17-29-11-13-31-14-12-29/h5-8,15-16,19H,3-4,9-14,17-18H2,1-2H3. The normalized spacial score (nSPS) is 17.0. The highest BCUT2D eigenvalue weighted by molar-refractivity contribution is 7.14. The first-order valence-corrected chi connectivity index (χ1v) is 12.9. The Labute approximate surface area is 201 Å². The van der Waals surface area contributed by atoms with E-state index in [0.29, 0.717) is 6.61 Å². The molecule has 2 fully saturated rings. The van der Waals surface area contributed by atoms with Gasteiger partial charge in [0.05, 0.1) is 18.9 Å². The summed E-state index contributed by atoms with van der Waals surface area (Å²) in [4.78, 5) is 9.81. The molecule has 0 atom stereocenters. The van der Waals surface area contributed by atoms with E-state index in [1.165, 1.54) is 35.1 Å². The molecule has 0 bridgehead atoms. The molecule has 5 nitrogen and oxygen atoms in total. The van der Waals surface area contributed by atoms with Crippen LogP contribution in [0, 0.1) is 13.8 Å². The summed E-state index contributed by atoms with van der Waals surface area (Å²) >= 11 is 1.74. The Hall–Kier alpha value is -2.41. The minimum Gasteiger partial charge on any atom is -0.488 e. The van der Waals surface area contributed by atoms with E-state index in [-0.39, 0.29) is 0 Å². The molecule has 6 heteroatoms. The van der Waals surface area contributed by atoms with Crippen LogP contribution in [0.4, 0.5) is 5.13 Å². The van der Waals surface area contributed by atoms with Gasteiger partial charge in [0.15, 0.2) is 5.13 Å². The summed E-state index contributed by atoms with van der Waals surface area (Å²) in [5, 5.41) is 3.29. The Morgan fingerprint density at radius 3 is 2.61 bits per heavy atom. The Kier molecular flexibility index (Phi) is 6.95. The topological polar surface area (TPSA) is 37.8 Å². The van der Waals surface area contributed by atoms with Gasteiger partial charge in [-0.2, -0.15) is 0 Å². The average Bonchev–Trinajstić information content (AvgIpc) is 3.52. The molecule has 5 rings (SSSR count). The number of nitrogens with zero attached hydrogens (tertiary/aromatic N) is 3. The highest BCUT2D eigenvalue weighted by atomic mass is 32.1. The fraction of sp³-hybridized carbons (Fsp3) is 0.444. The molecule has 0 N–H and O–H groups in total. The van der Waals surface area contributed by atoms with Gasteiger partial charge in [-0.25, -0.2) is 4.98 Å². The number of hydrogen-bond acceptors (Lipinski definition) is 6. The largest absolute Gasteiger partial charge is 0.488 e. The van der Waals surface area contributed by atoms with Gasteiger partial charge in [-0.15, -0.1) is 11.3 Å². The van der Waals surface area contributed by atoms with Crippen molar-refractivity contribution >= 4 is 16.5 Å². The molecule has 33 heavy (non-hydrogen) atoms. The first-order valence-electron chi connectivity index (χ1n) is 12.0. The van der Waals surface area contributed by atoms with E-state index < -0.39 is 0 Å². The van der Waals surface area contributed by atoms with Crippen LogP contribution in [-0.2, 0) is 17.9 Å². The van der Waals surface area contributed by atoms with Crippen molar-refractivity contribution in [2.24, 2.45) is 0 Å². The van der Waals surface area contributed by atoms with Gasteiger partial charge in [0, 0.05) is 43.7 Å². The zero-order valence-electron chi connectivity index (χ0n) is 19.7. The van der Waals surface area contributed by atoms with E-state index in [1.807, 2.05) is 0 Å². The molecule has 0 aliphatic carbocycles. The molecule has 2 aromatic carbocycles. The van der Waals surface area contributed by atoms with Crippen LogP contribution in [0.3, 0.4) is 0 Å². The van der Waals surface area contributed by atoms with Crippen molar-refractivity contribution in [1.29, 1.82) is 0 Å². The maximum Gasteiger partial charge on any atom is 0.185 e. The third kappa shape index (κ3) is 5.40. The van der Waals surface area contributed by atoms with Crippen molar-refractivity contribution in [1.82, 2.24) is 9.88 Å². The Balaban J connectivity index is 1.29. The zero-order chi connectivity index (χ0) is 22.6. The molecule has 2 aliphatic rings. The number of ether oxygens (including phenoxy) is 2. The molecule has 0 spiro atoms. The molecule has 0 unspecified atom stereocenters. The molecular formula is C27H33N3O2S. The number of benzene rings is 2. The van der Waals surface area contributed by atoms with Crippen LogP contribution in [0.5, 0.6) is 5.75 Å². The smallest absolute Gasteiger partial charge is 0.185 e. The molecule has 0 saturated carbocycles. The van der Waals surface area contributed by atoms with E-state index in [1.54, 1.807) is 11.3 Å². The lowest BCUT2D eigenvalue weighted by molar-refractivity contribution is 0.0342. The van der Waals surface area contributed by atoms with Crippen LogP contribution >= 0.6 is 11.3 Å². The summed E-state index contributed by atoms with van der Waals surface area (Å²) in [6, 6.07) is 13.1. The average molecular weight is 464 g/mol. The lowest BCUT2D eigenvalue weighted by Crippen LogP contribution is -2.35. The molecule has 174 valence electrons. The van der Waals surface area contributed by atoms with Gasteiger partial charge in [0.1, 0.15) is 12.4 Å². The van der Waals surface area contributed by atoms with Gasteiger partial charge >= 0.3 is 0 Å². The maximum atomic E-state index is 6.36. The SMILES string of the molecule is Cc1ccc(OCc2ccc(CN3CCOCC3)cc2C)c(-c2csc(N3CCCC3)n2)c1. The number of thiazole rings is 1. The van der Waals surface area contributed by atoms with Crippen LogP contribution < -0.4 is 9.64 Å². The number of rotatable bonds is 7. The van der Waals surface area contributed by atoms with Crippen LogP contribution in [-0.4, -0.2) is 49.3 Å². The molecule has 3 heterocycles. The number of aromatic nitrogens is 1. The third-order valence-corrected chi connectivity index (χ3v) is 7.48. The number of hydrogen-bond donors (Lipinski definition) is 0. The summed E-state index contributed by atoms with van der Waals surface area (Å²) in [6.45, 7) is 11.8. The predicted molar refractivity (Wildman–Crippen MR) is 135 cm³/mol. The third-order valence-electron chi connectivity index (χ3n) is 6.58. The van der Waals surface area contributed by atoms with Crippen molar-refractivity contribution in [2.45, 2.75) is 39.8 Å². The second-order valence-corrected chi connectivity index (χ2v) is 9.98. The van der Waals surface area contributed by atoms with Gasteiger partial charge in [0.2, 0.25) is 0 Å². The van der Waals surface area contributed by atoms with Crippen molar-refractivity contribution in [3.63, 3.8) is 0 Å². The van der Waals surface area contributed by atoms with Gasteiger partial charge in [-0.3, -0.25) is 4.90 Å². The van der Waals surface area contributed by atoms with Gasteiger partial charge in [-0.1, -0.05) is 29.8 Å². The number of anilines is 1. The number of aryl methyl sites for hydroxylation is 2.